The molecule has 0 aliphatic heterocycles. The summed E-state index contributed by atoms with van der Waals surface area (Å²) in [6, 6.07) is 8.31. The largest absolute Gasteiger partial charge is 0.424 e. The van der Waals surface area contributed by atoms with Gasteiger partial charge in [0.2, 0.25) is 6.41 Å². The van der Waals surface area contributed by atoms with E-state index in [1.54, 1.807) is 43.6 Å². The van der Waals surface area contributed by atoms with Gasteiger partial charge in [0.15, 0.2) is 11.6 Å². The molecule has 0 fully saturated rings. The molecule has 0 aliphatic rings. The van der Waals surface area contributed by atoms with Crippen molar-refractivity contribution in [3.05, 3.63) is 81.9 Å². The normalized spacial score (nSPS) is 10.7. The van der Waals surface area contributed by atoms with Crippen molar-refractivity contribution >= 4 is 23.2 Å². The molecule has 0 bridgehead atoms. The lowest BCUT2D eigenvalue weighted by Gasteiger charge is -2.11. The van der Waals surface area contributed by atoms with E-state index in [1.807, 2.05) is 0 Å². The van der Waals surface area contributed by atoms with Crippen LogP contribution in [0.15, 0.2) is 58.1 Å². The lowest BCUT2D eigenvalue weighted by molar-refractivity contribution is -0.105. The smallest absolute Gasteiger partial charge is 0.340 e. The van der Waals surface area contributed by atoms with Crippen LogP contribution in [0.25, 0.3) is 11.0 Å². The van der Waals surface area contributed by atoms with Gasteiger partial charge in [0.05, 0.1) is 0 Å². The van der Waals surface area contributed by atoms with Crippen LogP contribution in [0.3, 0.4) is 0 Å². The van der Waals surface area contributed by atoms with Crippen LogP contribution in [0.4, 0.5) is 10.2 Å². The van der Waals surface area contributed by atoms with E-state index in [0.717, 1.165) is 0 Å². The second kappa shape index (κ2) is 8.08. The number of nitrogens with one attached hydrogen (secondary N) is 1. The number of aromatic nitrogens is 3. The molecule has 9 heteroatoms. The Labute approximate surface area is 169 Å². The topological polar surface area (TPSA) is 107 Å². The zero-order valence-electron chi connectivity index (χ0n) is 15.8. The van der Waals surface area contributed by atoms with Crippen molar-refractivity contribution < 1.29 is 18.3 Å². The van der Waals surface area contributed by atoms with E-state index < -0.39 is 11.4 Å². The molecule has 0 saturated carbocycles. The van der Waals surface area contributed by atoms with Gasteiger partial charge in [-0.15, -0.1) is 0 Å². The van der Waals surface area contributed by atoms with E-state index in [-0.39, 0.29) is 23.8 Å². The molecule has 4 aromatic rings. The van der Waals surface area contributed by atoms with Gasteiger partial charge in [-0.3, -0.25) is 4.79 Å². The molecule has 3 heterocycles. The molecule has 0 atom stereocenters. The Kier molecular flexibility index (Phi) is 5.17. The van der Waals surface area contributed by atoms with Gasteiger partial charge in [0.1, 0.15) is 11.3 Å². The fraction of sp³-hybridized carbons (Fsp3) is 0.0952. The number of hydrogen-bond acceptors (Lipinski definition) is 7. The number of anilines is 1. The Morgan fingerprint density at radius 3 is 2.73 bits per heavy atom. The number of halogens is 1. The Hall–Kier alpha value is -4.14. The van der Waals surface area contributed by atoms with Crippen LogP contribution in [0.1, 0.15) is 16.7 Å². The van der Waals surface area contributed by atoms with Crippen molar-refractivity contribution in [3.8, 4) is 11.8 Å². The molecule has 0 unspecified atom stereocenters. The summed E-state index contributed by atoms with van der Waals surface area (Å²) in [7, 11) is 0. The molecule has 0 aliphatic carbocycles. The number of pyridine rings is 1. The van der Waals surface area contributed by atoms with Gasteiger partial charge in [-0.1, -0.05) is 0 Å². The van der Waals surface area contributed by atoms with E-state index in [4.69, 9.17) is 9.15 Å². The molecule has 4 rings (SSSR count). The molecule has 1 amide bonds. The van der Waals surface area contributed by atoms with Crippen molar-refractivity contribution in [2.24, 2.45) is 0 Å². The Bertz CT molecular complexity index is 1290. The fourth-order valence-corrected chi connectivity index (χ4v) is 3.05. The summed E-state index contributed by atoms with van der Waals surface area (Å²) >= 11 is 0. The summed E-state index contributed by atoms with van der Waals surface area (Å²) in [5.41, 5.74) is 0.919. The molecule has 0 radical (unpaired) electrons. The Balaban J connectivity index is 1.71. The highest BCUT2D eigenvalue weighted by atomic mass is 19.1. The van der Waals surface area contributed by atoms with Crippen LogP contribution < -0.4 is 15.7 Å². The Morgan fingerprint density at radius 2 is 1.97 bits per heavy atom. The number of carbonyl (C=O) groups is 1. The summed E-state index contributed by atoms with van der Waals surface area (Å²) < 4.78 is 25.6. The first kappa shape index (κ1) is 19.2. The second-order valence-corrected chi connectivity index (χ2v) is 6.36. The SMILES string of the molecule is Cc1c(Cc2ccnc(NC=O)c2F)c(=O)oc2cc(Oc3ncccn3)ccc12. The maximum atomic E-state index is 14.5. The molecule has 30 heavy (non-hydrogen) atoms. The second-order valence-electron chi connectivity index (χ2n) is 6.36. The van der Waals surface area contributed by atoms with Crippen LogP contribution >= 0.6 is 0 Å². The zero-order chi connectivity index (χ0) is 21.1. The van der Waals surface area contributed by atoms with Gasteiger partial charge >= 0.3 is 11.6 Å². The molecule has 1 N–H and O–H groups in total. The molecule has 1 aromatic carbocycles. The third kappa shape index (κ3) is 3.72. The highest BCUT2D eigenvalue weighted by molar-refractivity contribution is 5.82. The number of carbonyl (C=O) groups excluding carboxylic acids is 1. The standard InChI is InChI=1S/C21H15FN4O4/c1-12-15-4-3-14(29-21-24-6-2-7-25-21)10-17(15)30-20(28)16(12)9-13-5-8-23-19(18(13)22)26-11-27/h2-8,10-11H,9H2,1H3,(H,23,26,27). The van der Waals surface area contributed by atoms with Crippen molar-refractivity contribution in [3.63, 3.8) is 0 Å². The van der Waals surface area contributed by atoms with Gasteiger partial charge < -0.3 is 14.5 Å². The van der Waals surface area contributed by atoms with E-state index in [1.165, 1.54) is 12.3 Å². The number of rotatable bonds is 6. The first-order valence-electron chi connectivity index (χ1n) is 8.91. The highest BCUT2D eigenvalue weighted by Crippen LogP contribution is 2.27. The maximum absolute atomic E-state index is 14.5. The van der Waals surface area contributed by atoms with Crippen molar-refractivity contribution in [2.45, 2.75) is 13.3 Å². The number of amides is 1. The number of hydrogen-bond donors (Lipinski definition) is 1. The molecule has 150 valence electrons. The Morgan fingerprint density at radius 1 is 1.17 bits per heavy atom. The predicted octanol–water partition coefficient (Wildman–Crippen LogP) is 3.38. The van der Waals surface area contributed by atoms with E-state index in [0.29, 0.717) is 34.3 Å². The minimum absolute atomic E-state index is 0.0118. The van der Waals surface area contributed by atoms with Crippen molar-refractivity contribution in [1.82, 2.24) is 15.0 Å². The lowest BCUT2D eigenvalue weighted by atomic mass is 10.00. The van der Waals surface area contributed by atoms with Gasteiger partial charge in [0, 0.05) is 42.0 Å². The van der Waals surface area contributed by atoms with Crippen LogP contribution in [-0.2, 0) is 11.2 Å². The summed E-state index contributed by atoms with van der Waals surface area (Å²) in [5, 5.41) is 2.88. The maximum Gasteiger partial charge on any atom is 0.340 e. The fourth-order valence-electron chi connectivity index (χ4n) is 3.05. The summed E-state index contributed by atoms with van der Waals surface area (Å²) in [4.78, 5) is 34.9. The van der Waals surface area contributed by atoms with Crippen LogP contribution in [0.5, 0.6) is 11.8 Å². The lowest BCUT2D eigenvalue weighted by Crippen LogP contribution is -2.12. The first-order valence-corrected chi connectivity index (χ1v) is 8.91. The quantitative estimate of drug-likeness (QED) is 0.386. The summed E-state index contributed by atoms with van der Waals surface area (Å²) in [6.45, 7) is 1.76. The minimum Gasteiger partial charge on any atom is -0.424 e. The van der Waals surface area contributed by atoms with Crippen LogP contribution in [0, 0.1) is 12.7 Å². The van der Waals surface area contributed by atoms with Crippen molar-refractivity contribution in [2.75, 3.05) is 5.32 Å². The molecule has 8 nitrogen and oxygen atoms in total. The van der Waals surface area contributed by atoms with Crippen LogP contribution in [-0.4, -0.2) is 21.4 Å². The van der Waals surface area contributed by atoms with E-state index >= 15 is 0 Å². The average Bonchev–Trinajstić information content (AvgIpc) is 2.74. The number of ether oxygens (including phenoxy) is 1. The average molecular weight is 406 g/mol. The zero-order valence-corrected chi connectivity index (χ0v) is 15.8. The third-order valence-electron chi connectivity index (χ3n) is 4.54. The van der Waals surface area contributed by atoms with Gasteiger partial charge in [0.25, 0.3) is 0 Å². The number of nitrogens with zero attached hydrogens (tertiary/aromatic N) is 3. The van der Waals surface area contributed by atoms with E-state index in [9.17, 15) is 14.0 Å². The molecular formula is C21H15FN4O4. The molecule has 0 spiro atoms. The van der Waals surface area contributed by atoms with Gasteiger partial charge in [-0.2, -0.15) is 0 Å². The summed E-state index contributed by atoms with van der Waals surface area (Å²) in [6.07, 6.45) is 4.78. The number of benzene rings is 1. The van der Waals surface area contributed by atoms with Gasteiger partial charge in [-0.05, 0) is 42.3 Å². The highest BCUT2D eigenvalue weighted by Gasteiger charge is 2.16. The predicted molar refractivity (Wildman–Crippen MR) is 106 cm³/mol. The molecular weight excluding hydrogens is 391 g/mol. The minimum atomic E-state index is -0.699. The van der Waals surface area contributed by atoms with Crippen LogP contribution in [0.2, 0.25) is 0 Å². The van der Waals surface area contributed by atoms with Crippen molar-refractivity contribution in [1.29, 1.82) is 0 Å². The van der Waals surface area contributed by atoms with E-state index in [2.05, 4.69) is 20.3 Å². The monoisotopic (exact) mass is 406 g/mol. The summed E-state index contributed by atoms with van der Waals surface area (Å²) in [5.74, 6) is -0.487. The first-order chi connectivity index (χ1) is 14.6. The molecule has 0 saturated heterocycles. The molecule has 3 aromatic heterocycles. The number of fused-ring (bicyclic) bond motifs is 1. The number of aryl methyl sites for hydroxylation is 1. The third-order valence-corrected chi connectivity index (χ3v) is 4.54. The van der Waals surface area contributed by atoms with Gasteiger partial charge in [-0.25, -0.2) is 24.1 Å².